The Morgan fingerprint density at radius 1 is 1.28 bits per heavy atom. The second kappa shape index (κ2) is 9.39. The molecule has 2 N–H and O–H groups in total. The Kier molecular flexibility index (Phi) is 7.21. The first-order chi connectivity index (χ1) is 12.0. The van der Waals surface area contributed by atoms with Crippen molar-refractivity contribution in [2.45, 2.75) is 25.4 Å². The fraction of sp³-hybridized carbons (Fsp3) is 0.294. The van der Waals surface area contributed by atoms with Gasteiger partial charge in [0.2, 0.25) is 5.91 Å². The molecule has 0 radical (unpaired) electrons. The lowest BCUT2D eigenvalue weighted by atomic mass is 10.2. The van der Waals surface area contributed by atoms with Crippen LogP contribution in [-0.4, -0.2) is 34.1 Å². The van der Waals surface area contributed by atoms with Gasteiger partial charge in [0.1, 0.15) is 0 Å². The maximum atomic E-state index is 12.2. The molecule has 1 aromatic heterocycles. The molecule has 0 fully saturated rings. The van der Waals surface area contributed by atoms with Crippen molar-refractivity contribution in [1.82, 2.24) is 15.3 Å². The van der Waals surface area contributed by atoms with E-state index in [1.165, 1.54) is 18.0 Å². The van der Waals surface area contributed by atoms with Crippen LogP contribution in [0.5, 0.6) is 0 Å². The SMILES string of the molecule is CCSc1ncc(Cl)c(C(=O)NCCC(=O)Nc2ccccc2C)n1. The van der Waals surface area contributed by atoms with E-state index in [4.69, 9.17) is 11.6 Å². The molecule has 0 aliphatic heterocycles. The number of benzene rings is 1. The molecule has 0 aliphatic carbocycles. The number of hydrogen-bond acceptors (Lipinski definition) is 5. The molecule has 25 heavy (non-hydrogen) atoms. The van der Waals surface area contributed by atoms with Crippen LogP contribution >= 0.6 is 23.4 Å². The van der Waals surface area contributed by atoms with Gasteiger partial charge in [0.15, 0.2) is 10.9 Å². The van der Waals surface area contributed by atoms with E-state index in [0.717, 1.165) is 17.0 Å². The van der Waals surface area contributed by atoms with Crippen molar-refractivity contribution >= 4 is 40.9 Å². The summed E-state index contributed by atoms with van der Waals surface area (Å²) in [5.74, 6) is 0.196. The van der Waals surface area contributed by atoms with E-state index in [0.29, 0.717) is 5.16 Å². The highest BCUT2D eigenvalue weighted by Crippen LogP contribution is 2.18. The molecule has 8 heteroatoms. The Morgan fingerprint density at radius 2 is 2.04 bits per heavy atom. The number of rotatable bonds is 7. The lowest BCUT2D eigenvalue weighted by Gasteiger charge is -2.09. The first-order valence-corrected chi connectivity index (χ1v) is 9.16. The highest BCUT2D eigenvalue weighted by atomic mass is 35.5. The molecule has 0 bridgehead atoms. The smallest absolute Gasteiger partial charge is 0.271 e. The fourth-order valence-electron chi connectivity index (χ4n) is 2.01. The molecular weight excluding hydrogens is 360 g/mol. The zero-order valence-corrected chi connectivity index (χ0v) is 15.6. The van der Waals surface area contributed by atoms with Crippen LogP contribution in [0.1, 0.15) is 29.4 Å². The van der Waals surface area contributed by atoms with Crippen LogP contribution in [0.4, 0.5) is 5.69 Å². The predicted molar refractivity (Wildman–Crippen MR) is 100 cm³/mol. The van der Waals surface area contributed by atoms with Crippen LogP contribution in [0, 0.1) is 6.92 Å². The number of hydrogen-bond donors (Lipinski definition) is 2. The lowest BCUT2D eigenvalue weighted by molar-refractivity contribution is -0.116. The third-order valence-electron chi connectivity index (χ3n) is 3.27. The van der Waals surface area contributed by atoms with E-state index >= 15 is 0 Å². The molecule has 6 nitrogen and oxygen atoms in total. The summed E-state index contributed by atoms with van der Waals surface area (Å²) in [5, 5.41) is 6.15. The summed E-state index contributed by atoms with van der Waals surface area (Å²) in [4.78, 5) is 32.4. The van der Waals surface area contributed by atoms with Gasteiger partial charge in [0.05, 0.1) is 11.2 Å². The van der Waals surface area contributed by atoms with E-state index in [2.05, 4.69) is 20.6 Å². The number of carbonyl (C=O) groups excluding carboxylic acids is 2. The number of carbonyl (C=O) groups is 2. The quantitative estimate of drug-likeness (QED) is 0.570. The average Bonchev–Trinajstić information content (AvgIpc) is 2.59. The third-order valence-corrected chi connectivity index (χ3v) is 4.29. The van der Waals surface area contributed by atoms with E-state index in [1.807, 2.05) is 38.1 Å². The normalized spacial score (nSPS) is 10.4. The molecule has 2 aromatic rings. The molecule has 2 amide bonds. The minimum absolute atomic E-state index is 0.118. The summed E-state index contributed by atoms with van der Waals surface area (Å²) in [6, 6.07) is 7.51. The summed E-state index contributed by atoms with van der Waals surface area (Å²) in [6.45, 7) is 4.07. The first-order valence-electron chi connectivity index (χ1n) is 7.80. The number of nitrogens with zero attached hydrogens (tertiary/aromatic N) is 2. The molecule has 0 saturated heterocycles. The van der Waals surface area contributed by atoms with Crippen LogP contribution in [0.2, 0.25) is 5.02 Å². The Hall–Kier alpha value is -2.12. The minimum atomic E-state index is -0.422. The van der Waals surface area contributed by atoms with Crippen LogP contribution < -0.4 is 10.6 Å². The lowest BCUT2D eigenvalue weighted by Crippen LogP contribution is -2.28. The maximum Gasteiger partial charge on any atom is 0.271 e. The van der Waals surface area contributed by atoms with Gasteiger partial charge in [0, 0.05) is 18.7 Å². The maximum absolute atomic E-state index is 12.2. The summed E-state index contributed by atoms with van der Waals surface area (Å²) >= 11 is 7.40. The Labute approximate surface area is 155 Å². The van der Waals surface area contributed by atoms with Crippen molar-refractivity contribution in [3.8, 4) is 0 Å². The summed E-state index contributed by atoms with van der Waals surface area (Å²) in [6.07, 6.45) is 1.56. The largest absolute Gasteiger partial charge is 0.350 e. The molecule has 132 valence electrons. The molecule has 0 spiro atoms. The van der Waals surface area contributed by atoms with Gasteiger partial charge in [-0.1, -0.05) is 48.5 Å². The van der Waals surface area contributed by atoms with Gasteiger partial charge in [-0.05, 0) is 24.3 Å². The number of thioether (sulfide) groups is 1. The Bertz CT molecular complexity index is 770. The molecular formula is C17H19ClN4O2S. The highest BCUT2D eigenvalue weighted by molar-refractivity contribution is 7.99. The molecule has 2 rings (SSSR count). The molecule has 1 aromatic carbocycles. The van der Waals surface area contributed by atoms with Gasteiger partial charge >= 0.3 is 0 Å². The van der Waals surface area contributed by atoms with Crippen molar-refractivity contribution in [3.05, 3.63) is 46.7 Å². The van der Waals surface area contributed by atoms with Gasteiger partial charge in [-0.3, -0.25) is 9.59 Å². The number of anilines is 1. The standard InChI is InChI=1S/C17H19ClN4O2S/c1-3-25-17-20-10-12(18)15(22-17)16(24)19-9-8-14(23)21-13-7-5-4-6-11(13)2/h4-7,10H,3,8-9H2,1-2H3,(H,19,24)(H,21,23). The van der Waals surface area contributed by atoms with E-state index in [1.54, 1.807) is 0 Å². The second-order valence-electron chi connectivity index (χ2n) is 5.15. The Balaban J connectivity index is 1.87. The number of para-hydroxylation sites is 1. The van der Waals surface area contributed by atoms with E-state index < -0.39 is 5.91 Å². The zero-order valence-electron chi connectivity index (χ0n) is 14.0. The van der Waals surface area contributed by atoms with Crippen LogP contribution in [0.15, 0.2) is 35.6 Å². The number of halogens is 1. The van der Waals surface area contributed by atoms with Crippen molar-refractivity contribution in [1.29, 1.82) is 0 Å². The van der Waals surface area contributed by atoms with E-state index in [-0.39, 0.29) is 29.6 Å². The molecule has 0 saturated carbocycles. The van der Waals surface area contributed by atoms with Crippen LogP contribution in [-0.2, 0) is 4.79 Å². The van der Waals surface area contributed by atoms with Crippen molar-refractivity contribution in [2.24, 2.45) is 0 Å². The van der Waals surface area contributed by atoms with Crippen molar-refractivity contribution < 1.29 is 9.59 Å². The fourth-order valence-corrected chi connectivity index (χ4v) is 2.73. The molecule has 0 unspecified atom stereocenters. The Morgan fingerprint density at radius 3 is 2.76 bits per heavy atom. The van der Waals surface area contributed by atoms with Gasteiger partial charge in [-0.25, -0.2) is 9.97 Å². The number of aryl methyl sites for hydroxylation is 1. The molecule has 0 aliphatic rings. The molecule has 1 heterocycles. The average molecular weight is 379 g/mol. The zero-order chi connectivity index (χ0) is 18.2. The number of amides is 2. The van der Waals surface area contributed by atoms with Crippen LogP contribution in [0.25, 0.3) is 0 Å². The number of nitrogens with one attached hydrogen (secondary N) is 2. The molecule has 0 atom stereocenters. The van der Waals surface area contributed by atoms with Gasteiger partial charge < -0.3 is 10.6 Å². The highest BCUT2D eigenvalue weighted by Gasteiger charge is 2.14. The summed E-state index contributed by atoms with van der Waals surface area (Å²) < 4.78 is 0. The van der Waals surface area contributed by atoms with Gasteiger partial charge in [-0.2, -0.15) is 0 Å². The van der Waals surface area contributed by atoms with Gasteiger partial charge in [0.25, 0.3) is 5.91 Å². The number of aromatic nitrogens is 2. The van der Waals surface area contributed by atoms with Crippen LogP contribution in [0.3, 0.4) is 0 Å². The minimum Gasteiger partial charge on any atom is -0.350 e. The monoisotopic (exact) mass is 378 g/mol. The van der Waals surface area contributed by atoms with E-state index in [9.17, 15) is 9.59 Å². The van der Waals surface area contributed by atoms with Crippen molar-refractivity contribution in [2.75, 3.05) is 17.6 Å². The summed E-state index contributed by atoms with van der Waals surface area (Å²) in [5.41, 5.74) is 1.86. The topological polar surface area (TPSA) is 84.0 Å². The summed E-state index contributed by atoms with van der Waals surface area (Å²) in [7, 11) is 0. The predicted octanol–water partition coefficient (Wildman–Crippen LogP) is 3.31. The van der Waals surface area contributed by atoms with Crippen molar-refractivity contribution in [3.63, 3.8) is 0 Å². The van der Waals surface area contributed by atoms with Gasteiger partial charge in [-0.15, -0.1) is 0 Å². The third kappa shape index (κ3) is 5.72. The second-order valence-corrected chi connectivity index (χ2v) is 6.79. The first kappa shape index (κ1) is 19.2.